The average molecular weight is 488 g/mol. The molecule has 35 heavy (non-hydrogen) atoms. The molecule has 4 nitrogen and oxygen atoms in total. The zero-order valence-electron chi connectivity index (χ0n) is 20.5. The predicted octanol–water partition coefficient (Wildman–Crippen LogP) is 5.36. The van der Waals surface area contributed by atoms with Crippen LogP contribution in [0.5, 0.6) is 0 Å². The molecule has 190 valence electrons. The van der Waals surface area contributed by atoms with E-state index in [1.807, 2.05) is 30.3 Å². The highest BCUT2D eigenvalue weighted by Gasteiger charge is 2.33. The van der Waals surface area contributed by atoms with Crippen molar-refractivity contribution in [1.82, 2.24) is 15.1 Å². The standard InChI is InChI=1S/C28H36F3N3O/c1-21-18-22(20-24(19-21)28(29,30)31)12-13-32-27(35)26(23-8-4-2-5-9-23)34-16-14-33(15-17-34)25-10-6-3-7-11-25/h2,4-5,8-9,18-20,25-26H,3,6-7,10-17H2,1H3,(H,32,35). The van der Waals surface area contributed by atoms with E-state index in [-0.39, 0.29) is 5.91 Å². The molecule has 2 aromatic rings. The molecule has 7 heteroatoms. The zero-order chi connectivity index (χ0) is 24.8. The van der Waals surface area contributed by atoms with Gasteiger partial charge in [-0.1, -0.05) is 61.2 Å². The van der Waals surface area contributed by atoms with Crippen LogP contribution in [0.3, 0.4) is 0 Å². The number of aryl methyl sites for hydroxylation is 1. The Balaban J connectivity index is 1.39. The first-order valence-electron chi connectivity index (χ1n) is 12.8. The molecule has 0 radical (unpaired) electrons. The van der Waals surface area contributed by atoms with E-state index in [0.717, 1.165) is 37.8 Å². The summed E-state index contributed by atoms with van der Waals surface area (Å²) in [5, 5.41) is 3.00. The van der Waals surface area contributed by atoms with Gasteiger partial charge in [0, 0.05) is 38.8 Å². The molecular weight excluding hydrogens is 451 g/mol. The van der Waals surface area contributed by atoms with Crippen molar-refractivity contribution in [1.29, 1.82) is 0 Å². The fraction of sp³-hybridized carbons (Fsp3) is 0.536. The number of nitrogens with one attached hydrogen (secondary N) is 1. The molecule has 0 bridgehead atoms. The third kappa shape index (κ3) is 6.85. The minimum Gasteiger partial charge on any atom is -0.354 e. The summed E-state index contributed by atoms with van der Waals surface area (Å²) in [4.78, 5) is 18.2. The fourth-order valence-electron chi connectivity index (χ4n) is 5.57. The Morgan fingerprint density at radius 3 is 2.34 bits per heavy atom. The molecule has 2 aromatic carbocycles. The van der Waals surface area contributed by atoms with Crippen molar-refractivity contribution in [2.45, 2.75) is 63.7 Å². The van der Waals surface area contributed by atoms with Crippen molar-refractivity contribution in [2.75, 3.05) is 32.7 Å². The average Bonchev–Trinajstić information content (AvgIpc) is 2.85. The summed E-state index contributed by atoms with van der Waals surface area (Å²) in [5.41, 5.74) is 1.46. The lowest BCUT2D eigenvalue weighted by Crippen LogP contribution is -2.53. The molecule has 1 aliphatic carbocycles. The minimum absolute atomic E-state index is 0.0917. The van der Waals surface area contributed by atoms with Crippen LogP contribution in [0.2, 0.25) is 0 Å². The van der Waals surface area contributed by atoms with Crippen LogP contribution in [0, 0.1) is 6.92 Å². The number of halogens is 3. The van der Waals surface area contributed by atoms with Gasteiger partial charge in [-0.2, -0.15) is 13.2 Å². The highest BCUT2D eigenvalue weighted by molar-refractivity contribution is 5.83. The van der Waals surface area contributed by atoms with E-state index in [2.05, 4.69) is 15.1 Å². The van der Waals surface area contributed by atoms with Gasteiger partial charge in [0.1, 0.15) is 6.04 Å². The lowest BCUT2D eigenvalue weighted by atomic mass is 9.93. The summed E-state index contributed by atoms with van der Waals surface area (Å²) in [5.74, 6) is -0.0917. The van der Waals surface area contributed by atoms with Crippen LogP contribution in [-0.4, -0.2) is 54.5 Å². The normalized spacial score (nSPS) is 19.4. The Bertz CT molecular complexity index is 965. The lowest BCUT2D eigenvalue weighted by Gasteiger charge is -2.43. The van der Waals surface area contributed by atoms with Crippen molar-refractivity contribution in [3.8, 4) is 0 Å². The lowest BCUT2D eigenvalue weighted by molar-refractivity contribution is -0.137. The number of amides is 1. The second-order valence-electron chi connectivity index (χ2n) is 9.92. The molecule has 1 atom stereocenters. The zero-order valence-corrected chi connectivity index (χ0v) is 20.5. The number of piperazine rings is 1. The van der Waals surface area contributed by atoms with Crippen LogP contribution in [0.25, 0.3) is 0 Å². The highest BCUT2D eigenvalue weighted by Crippen LogP contribution is 2.31. The maximum Gasteiger partial charge on any atom is 0.416 e. The van der Waals surface area contributed by atoms with Gasteiger partial charge in [0.15, 0.2) is 0 Å². The quantitative estimate of drug-likeness (QED) is 0.571. The van der Waals surface area contributed by atoms with Gasteiger partial charge < -0.3 is 5.32 Å². The molecule has 1 saturated carbocycles. The predicted molar refractivity (Wildman–Crippen MR) is 132 cm³/mol. The maximum atomic E-state index is 13.4. The minimum atomic E-state index is -4.37. The van der Waals surface area contributed by atoms with Crippen LogP contribution in [0.1, 0.15) is 60.4 Å². The highest BCUT2D eigenvalue weighted by atomic mass is 19.4. The molecule has 1 N–H and O–H groups in total. The molecule has 1 amide bonds. The number of alkyl halides is 3. The van der Waals surface area contributed by atoms with Gasteiger partial charge in [-0.15, -0.1) is 0 Å². The smallest absolute Gasteiger partial charge is 0.354 e. The van der Waals surface area contributed by atoms with Gasteiger partial charge in [0.2, 0.25) is 5.91 Å². The fourth-order valence-corrected chi connectivity index (χ4v) is 5.57. The number of rotatable bonds is 7. The Hall–Kier alpha value is -2.38. The van der Waals surface area contributed by atoms with Gasteiger partial charge in [0.25, 0.3) is 0 Å². The largest absolute Gasteiger partial charge is 0.416 e. The molecule has 2 fully saturated rings. The van der Waals surface area contributed by atoms with E-state index in [1.165, 1.54) is 38.2 Å². The third-order valence-electron chi connectivity index (χ3n) is 7.35. The molecule has 4 rings (SSSR count). The Morgan fingerprint density at radius 2 is 1.69 bits per heavy atom. The van der Waals surface area contributed by atoms with Crippen LogP contribution < -0.4 is 5.32 Å². The van der Waals surface area contributed by atoms with Crippen molar-refractivity contribution in [3.63, 3.8) is 0 Å². The van der Waals surface area contributed by atoms with E-state index in [4.69, 9.17) is 0 Å². The van der Waals surface area contributed by atoms with Crippen molar-refractivity contribution >= 4 is 5.91 Å². The molecule has 1 heterocycles. The summed E-state index contributed by atoms with van der Waals surface area (Å²) in [6, 6.07) is 14.1. The summed E-state index contributed by atoms with van der Waals surface area (Å²) >= 11 is 0. The van der Waals surface area contributed by atoms with Gasteiger partial charge in [0.05, 0.1) is 5.56 Å². The van der Waals surface area contributed by atoms with Gasteiger partial charge in [-0.05, 0) is 49.4 Å². The first-order chi connectivity index (χ1) is 16.8. The van der Waals surface area contributed by atoms with E-state index >= 15 is 0 Å². The van der Waals surface area contributed by atoms with Crippen LogP contribution in [0.4, 0.5) is 13.2 Å². The van der Waals surface area contributed by atoms with Crippen molar-refractivity contribution in [3.05, 3.63) is 70.8 Å². The van der Waals surface area contributed by atoms with E-state index < -0.39 is 17.8 Å². The number of hydrogen-bond acceptors (Lipinski definition) is 3. The number of carbonyl (C=O) groups is 1. The molecule has 1 unspecified atom stereocenters. The van der Waals surface area contributed by atoms with Gasteiger partial charge in [-0.25, -0.2) is 0 Å². The first kappa shape index (κ1) is 25.7. The SMILES string of the molecule is Cc1cc(CCNC(=O)C(c2ccccc2)N2CCN(C3CCCCC3)CC2)cc(C(F)(F)F)c1. The molecule has 1 saturated heterocycles. The summed E-state index contributed by atoms with van der Waals surface area (Å²) in [6.45, 7) is 5.54. The molecule has 0 aromatic heterocycles. The topological polar surface area (TPSA) is 35.6 Å². The monoisotopic (exact) mass is 487 g/mol. The molecule has 0 spiro atoms. The number of carbonyl (C=O) groups excluding carboxylic acids is 1. The number of nitrogens with zero attached hydrogens (tertiary/aromatic N) is 2. The van der Waals surface area contributed by atoms with Crippen LogP contribution in [-0.2, 0) is 17.4 Å². The maximum absolute atomic E-state index is 13.4. The second-order valence-corrected chi connectivity index (χ2v) is 9.92. The van der Waals surface area contributed by atoms with Gasteiger partial charge in [-0.3, -0.25) is 14.6 Å². The first-order valence-corrected chi connectivity index (χ1v) is 12.8. The summed E-state index contributed by atoms with van der Waals surface area (Å²) in [6.07, 6.45) is 2.49. The Morgan fingerprint density at radius 1 is 1.00 bits per heavy atom. The van der Waals surface area contributed by atoms with Crippen molar-refractivity contribution < 1.29 is 18.0 Å². The number of hydrogen-bond donors (Lipinski definition) is 1. The number of benzene rings is 2. The van der Waals surface area contributed by atoms with Crippen LogP contribution >= 0.6 is 0 Å². The van der Waals surface area contributed by atoms with E-state index in [9.17, 15) is 18.0 Å². The van der Waals surface area contributed by atoms with Gasteiger partial charge >= 0.3 is 6.18 Å². The Labute approximate surface area is 206 Å². The van der Waals surface area contributed by atoms with E-state index in [1.54, 1.807) is 13.0 Å². The Kier molecular flexibility index (Phi) is 8.50. The molecule has 2 aliphatic rings. The summed E-state index contributed by atoms with van der Waals surface area (Å²) in [7, 11) is 0. The van der Waals surface area contributed by atoms with Crippen LogP contribution in [0.15, 0.2) is 48.5 Å². The van der Waals surface area contributed by atoms with E-state index in [0.29, 0.717) is 30.1 Å². The molecular formula is C28H36F3N3O. The third-order valence-corrected chi connectivity index (χ3v) is 7.35. The molecule has 1 aliphatic heterocycles. The second kappa shape index (κ2) is 11.6. The van der Waals surface area contributed by atoms with Crippen molar-refractivity contribution in [2.24, 2.45) is 0 Å². The summed E-state index contributed by atoms with van der Waals surface area (Å²) < 4.78 is 39.5.